The number of aryl methyl sites for hydroxylation is 1. The van der Waals surface area contributed by atoms with E-state index in [0.717, 1.165) is 44.5 Å². The first-order valence-electron chi connectivity index (χ1n) is 11.2. The first-order chi connectivity index (χ1) is 14.2. The second-order valence-electron chi connectivity index (χ2n) is 8.75. The molecule has 0 amide bonds. The highest BCUT2D eigenvalue weighted by Gasteiger charge is 2.23. The molecule has 0 spiro atoms. The van der Waals surface area contributed by atoms with Gasteiger partial charge in [0.1, 0.15) is 12.4 Å². The standard InChI is InChI=1S/C26H34N2O/c1-21(2)12-17-28-20-25(24-10-6-7-11-26(24)28)22-13-15-27(16-14-22)18-19-29-23-8-4-3-5-9-23/h3-11,20-22H,12-19H2,1-2H3. The third-order valence-electron chi connectivity index (χ3n) is 6.21. The second kappa shape index (κ2) is 9.49. The van der Waals surface area contributed by atoms with E-state index in [1.54, 1.807) is 5.56 Å². The van der Waals surface area contributed by atoms with Gasteiger partial charge in [-0.25, -0.2) is 0 Å². The number of nitrogens with zero attached hydrogens (tertiary/aromatic N) is 2. The van der Waals surface area contributed by atoms with Crippen LogP contribution in [0.3, 0.4) is 0 Å². The molecule has 2 aromatic carbocycles. The van der Waals surface area contributed by atoms with Crippen molar-refractivity contribution in [2.45, 2.75) is 45.6 Å². The highest BCUT2D eigenvalue weighted by atomic mass is 16.5. The highest BCUT2D eigenvalue weighted by Crippen LogP contribution is 2.34. The van der Waals surface area contributed by atoms with Crippen molar-refractivity contribution >= 4 is 10.9 Å². The van der Waals surface area contributed by atoms with Gasteiger partial charge in [-0.2, -0.15) is 0 Å². The van der Waals surface area contributed by atoms with E-state index in [0.29, 0.717) is 5.92 Å². The number of hydrogen-bond acceptors (Lipinski definition) is 2. The minimum Gasteiger partial charge on any atom is -0.492 e. The lowest BCUT2D eigenvalue weighted by Crippen LogP contribution is -2.35. The van der Waals surface area contributed by atoms with Crippen LogP contribution in [0.15, 0.2) is 60.8 Å². The lowest BCUT2D eigenvalue weighted by atomic mass is 9.89. The first-order valence-corrected chi connectivity index (χ1v) is 11.2. The summed E-state index contributed by atoms with van der Waals surface area (Å²) in [6, 6.07) is 19.1. The van der Waals surface area contributed by atoms with E-state index in [1.165, 1.54) is 30.2 Å². The number of aromatic nitrogens is 1. The average Bonchev–Trinajstić information content (AvgIpc) is 3.12. The van der Waals surface area contributed by atoms with E-state index in [2.05, 4.69) is 53.8 Å². The molecule has 0 unspecified atom stereocenters. The molecule has 4 rings (SSSR count). The topological polar surface area (TPSA) is 17.4 Å². The molecular weight excluding hydrogens is 356 g/mol. The van der Waals surface area contributed by atoms with Crippen LogP contribution in [-0.4, -0.2) is 35.7 Å². The summed E-state index contributed by atoms with van der Waals surface area (Å²) in [6.07, 6.45) is 6.16. The molecule has 0 N–H and O–H groups in total. The van der Waals surface area contributed by atoms with Gasteiger partial charge < -0.3 is 9.30 Å². The van der Waals surface area contributed by atoms with E-state index < -0.39 is 0 Å². The van der Waals surface area contributed by atoms with Crippen molar-refractivity contribution in [3.63, 3.8) is 0 Å². The van der Waals surface area contributed by atoms with Crippen LogP contribution in [0.5, 0.6) is 5.75 Å². The maximum atomic E-state index is 5.88. The molecule has 3 aromatic rings. The lowest BCUT2D eigenvalue weighted by molar-refractivity contribution is 0.173. The van der Waals surface area contributed by atoms with Gasteiger partial charge in [-0.15, -0.1) is 0 Å². The van der Waals surface area contributed by atoms with Crippen molar-refractivity contribution in [2.75, 3.05) is 26.2 Å². The molecule has 154 valence electrons. The Morgan fingerprint density at radius 3 is 2.41 bits per heavy atom. The summed E-state index contributed by atoms with van der Waals surface area (Å²) in [4.78, 5) is 2.55. The summed E-state index contributed by atoms with van der Waals surface area (Å²) in [6.45, 7) is 9.84. The molecule has 1 saturated heterocycles. The molecule has 2 heterocycles. The molecule has 0 radical (unpaired) electrons. The summed E-state index contributed by atoms with van der Waals surface area (Å²) in [5.41, 5.74) is 2.96. The summed E-state index contributed by atoms with van der Waals surface area (Å²) >= 11 is 0. The summed E-state index contributed by atoms with van der Waals surface area (Å²) < 4.78 is 8.37. The zero-order valence-corrected chi connectivity index (χ0v) is 17.9. The molecule has 0 aliphatic carbocycles. The number of para-hydroxylation sites is 2. The predicted octanol–water partition coefficient (Wildman–Crippen LogP) is 5.95. The van der Waals surface area contributed by atoms with Gasteiger partial charge in [-0.1, -0.05) is 50.2 Å². The Morgan fingerprint density at radius 1 is 0.931 bits per heavy atom. The van der Waals surface area contributed by atoms with Crippen LogP contribution in [0, 0.1) is 5.92 Å². The Balaban J connectivity index is 1.35. The monoisotopic (exact) mass is 390 g/mol. The number of rotatable bonds is 8. The highest BCUT2D eigenvalue weighted by molar-refractivity contribution is 5.84. The van der Waals surface area contributed by atoms with Crippen LogP contribution in [-0.2, 0) is 6.54 Å². The third-order valence-corrected chi connectivity index (χ3v) is 6.21. The zero-order chi connectivity index (χ0) is 20.1. The normalized spacial score (nSPS) is 16.0. The molecule has 1 aliphatic rings. The molecule has 0 bridgehead atoms. The van der Waals surface area contributed by atoms with Gasteiger partial charge in [0, 0.05) is 30.2 Å². The molecule has 29 heavy (non-hydrogen) atoms. The number of fused-ring (bicyclic) bond motifs is 1. The lowest BCUT2D eigenvalue weighted by Gasteiger charge is -2.31. The Labute approximate surface area is 175 Å². The molecule has 1 fully saturated rings. The quantitative estimate of drug-likeness (QED) is 0.473. The van der Waals surface area contributed by atoms with Gasteiger partial charge in [0.15, 0.2) is 0 Å². The van der Waals surface area contributed by atoms with Crippen LogP contribution >= 0.6 is 0 Å². The van der Waals surface area contributed by atoms with Gasteiger partial charge >= 0.3 is 0 Å². The Bertz CT molecular complexity index is 891. The minimum absolute atomic E-state index is 0.673. The van der Waals surface area contributed by atoms with E-state index in [9.17, 15) is 0 Å². The number of hydrogen-bond donors (Lipinski definition) is 0. The summed E-state index contributed by atoms with van der Waals surface area (Å²) in [5, 5.41) is 1.46. The van der Waals surface area contributed by atoms with Crippen LogP contribution in [0.2, 0.25) is 0 Å². The van der Waals surface area contributed by atoms with Crippen LogP contribution in [0.1, 0.15) is 44.6 Å². The molecule has 1 aromatic heterocycles. The van der Waals surface area contributed by atoms with E-state index >= 15 is 0 Å². The van der Waals surface area contributed by atoms with Gasteiger partial charge in [0.25, 0.3) is 0 Å². The Kier molecular flexibility index (Phi) is 6.56. The van der Waals surface area contributed by atoms with Crippen molar-refractivity contribution in [1.29, 1.82) is 0 Å². The minimum atomic E-state index is 0.673. The molecule has 3 nitrogen and oxygen atoms in total. The molecule has 3 heteroatoms. The van der Waals surface area contributed by atoms with Gasteiger partial charge in [0.05, 0.1) is 0 Å². The fourth-order valence-electron chi connectivity index (χ4n) is 4.46. The fourth-order valence-corrected chi connectivity index (χ4v) is 4.46. The maximum absolute atomic E-state index is 5.88. The van der Waals surface area contributed by atoms with Crippen molar-refractivity contribution in [3.8, 4) is 5.75 Å². The van der Waals surface area contributed by atoms with E-state index in [1.807, 2.05) is 30.3 Å². The Morgan fingerprint density at radius 2 is 1.66 bits per heavy atom. The maximum Gasteiger partial charge on any atom is 0.119 e. The fraction of sp³-hybridized carbons (Fsp3) is 0.462. The SMILES string of the molecule is CC(C)CCn1cc(C2CCN(CCOc3ccccc3)CC2)c2ccccc21. The van der Waals surface area contributed by atoms with Gasteiger partial charge in [0.2, 0.25) is 0 Å². The largest absolute Gasteiger partial charge is 0.492 e. The number of piperidine rings is 1. The van der Waals surface area contributed by atoms with Crippen LogP contribution in [0.25, 0.3) is 10.9 Å². The first kappa shape index (κ1) is 20.0. The van der Waals surface area contributed by atoms with Crippen molar-refractivity contribution in [2.24, 2.45) is 5.92 Å². The Hall–Kier alpha value is -2.26. The predicted molar refractivity (Wildman–Crippen MR) is 122 cm³/mol. The zero-order valence-electron chi connectivity index (χ0n) is 17.9. The molecule has 0 atom stereocenters. The second-order valence-corrected chi connectivity index (χ2v) is 8.75. The van der Waals surface area contributed by atoms with E-state index in [-0.39, 0.29) is 0 Å². The summed E-state index contributed by atoms with van der Waals surface area (Å²) in [5.74, 6) is 2.38. The molecule has 1 aliphatic heterocycles. The number of likely N-dealkylation sites (tertiary alicyclic amines) is 1. The smallest absolute Gasteiger partial charge is 0.119 e. The van der Waals surface area contributed by atoms with Crippen LogP contribution < -0.4 is 4.74 Å². The average molecular weight is 391 g/mol. The number of ether oxygens (including phenoxy) is 1. The van der Waals surface area contributed by atoms with Crippen LogP contribution in [0.4, 0.5) is 0 Å². The van der Waals surface area contributed by atoms with Gasteiger partial charge in [-0.3, -0.25) is 4.90 Å². The third kappa shape index (κ3) is 5.02. The van der Waals surface area contributed by atoms with Crippen molar-refractivity contribution in [1.82, 2.24) is 9.47 Å². The summed E-state index contributed by atoms with van der Waals surface area (Å²) in [7, 11) is 0. The van der Waals surface area contributed by atoms with Crippen molar-refractivity contribution < 1.29 is 4.74 Å². The molecular formula is C26H34N2O. The molecule has 0 saturated carbocycles. The van der Waals surface area contributed by atoms with E-state index in [4.69, 9.17) is 4.74 Å². The van der Waals surface area contributed by atoms with Gasteiger partial charge in [-0.05, 0) is 68.0 Å². The number of benzene rings is 2. The van der Waals surface area contributed by atoms with Crippen molar-refractivity contribution in [3.05, 3.63) is 66.4 Å².